The highest BCUT2D eigenvalue weighted by Crippen LogP contribution is 2.16. The van der Waals surface area contributed by atoms with Crippen molar-refractivity contribution in [1.29, 1.82) is 0 Å². The van der Waals surface area contributed by atoms with Crippen molar-refractivity contribution in [1.82, 2.24) is 104 Å². The summed E-state index contributed by atoms with van der Waals surface area (Å²) in [4.78, 5) is 49.3. The molecule has 2 aliphatic carbocycles. The standard InChI is InChI=1S/C9H8.C8H7N.C7H6N2.C7H5NS.3C6H5N3.C5H5N.C5H6.3C4H4N2.C4H5N.2C4H4O.C4H4S.C3H3NS.7CH4/c1-2-5-9-7-3-6-8(9)4-1;1-2-4-8-7(3-1)5-6-9-8;1-2-4-7-6(3-1)5-8-9-7;1-2-4-7-6(3-1)8-5-9-7;1-3-9-4-2-8-6(9)5-7-1;1-3-7-6-2-4-8-9(6)5-1;1-2-6-7-4-5-9(6)8-3-1;1-2-4-6-5-3-1;1-2-4-5-3-1;1-2-6-4-3-5-1;1-2-5-4-6-3-1;1-2-4-6-5-3-1;4*1-2-4-5-3-1;1-2-5-3-4-1;;;;;;;/h1-2,4-7H,3H2;1-6,9H;1-5H,(H,8,9);4*1-5H;1-5H;1-4H,5H2;3*1-4H;1,3-4H,2H2;3*1-4H;1-3H;7*1H4. The molecule has 21 aromatic rings. The third-order valence-corrected chi connectivity index (χ3v) is 16.0. The summed E-state index contributed by atoms with van der Waals surface area (Å²) in [5.74, 6) is 0. The Labute approximate surface area is 739 Å². The SMILES string of the molecule is C.C.C.C.C.C.C.C1=CCC=C1.C1=CN=CC1.C1=c2ccccc2=CC1.c1ccc2[nH]ccc2c1.c1ccc2[nH]ncc2c1.c1ccc2scnc2c1.c1ccncc1.c1ccnnc1.c1ccoc1.c1ccoc1.c1ccsc1.c1cn2ccnc2cn1.c1cnc2ccnn2c1.c1cnccn1.c1cncnc1.c1cnn2ccnc2c1.c1cscn1. The van der Waals surface area contributed by atoms with Gasteiger partial charge in [0, 0.05) is 171 Å². The molecule has 0 amide bonds. The van der Waals surface area contributed by atoms with E-state index in [1.165, 1.54) is 32.4 Å². The Kier molecular flexibility index (Phi) is 62.5. The summed E-state index contributed by atoms with van der Waals surface area (Å²) >= 11 is 4.99. The predicted octanol–water partition coefficient (Wildman–Crippen LogP) is 23.8. The van der Waals surface area contributed by atoms with Gasteiger partial charge in [-0.3, -0.25) is 35.0 Å². The third-order valence-electron chi connectivity index (χ3n) is 14.1. The van der Waals surface area contributed by atoms with Gasteiger partial charge in [-0.25, -0.2) is 38.9 Å². The maximum absolute atomic E-state index is 4.58. The van der Waals surface area contributed by atoms with Gasteiger partial charge < -0.3 is 18.2 Å². The highest BCUT2D eigenvalue weighted by Gasteiger charge is 1.93. The van der Waals surface area contributed by atoms with E-state index in [9.17, 15) is 0 Å². The number of pyridine rings is 1. The van der Waals surface area contributed by atoms with E-state index in [0.29, 0.717) is 0 Å². The Balaban J connectivity index is 0.000000660. The summed E-state index contributed by atoms with van der Waals surface area (Å²) < 4.78 is 15.8. The number of nitrogens with zero attached hydrogens (tertiary/aromatic N) is 20. The van der Waals surface area contributed by atoms with Crippen LogP contribution in [-0.4, -0.2) is 110 Å². The van der Waals surface area contributed by atoms with E-state index in [4.69, 9.17) is 0 Å². The van der Waals surface area contributed by atoms with Gasteiger partial charge in [0.05, 0.1) is 70.4 Å². The fourth-order valence-electron chi connectivity index (χ4n) is 8.80. The van der Waals surface area contributed by atoms with Crippen molar-refractivity contribution < 1.29 is 8.83 Å². The lowest BCUT2D eigenvalue weighted by atomic mass is 10.3. The Morgan fingerprint density at radius 2 is 0.944 bits per heavy atom. The summed E-state index contributed by atoms with van der Waals surface area (Å²) in [5.41, 5.74) is 9.72. The van der Waals surface area contributed by atoms with Gasteiger partial charge in [0.2, 0.25) is 0 Å². The zero-order valence-corrected chi connectivity index (χ0v) is 65.9. The normalized spacial score (nSPS) is 9.71. The molecule has 0 saturated heterocycles. The van der Waals surface area contributed by atoms with Crippen molar-refractivity contribution in [2.24, 2.45) is 4.99 Å². The smallest absolute Gasteiger partial charge is 0.155 e. The molecule has 18 heterocycles. The topological polar surface area (TPSA) is 290 Å². The Bertz CT molecular complexity index is 4840. The van der Waals surface area contributed by atoms with Crippen LogP contribution in [0.1, 0.15) is 71.2 Å². The molecule has 0 saturated carbocycles. The van der Waals surface area contributed by atoms with Crippen molar-refractivity contribution in [2.45, 2.75) is 71.2 Å². The number of nitrogens with one attached hydrogen (secondary N) is 2. The van der Waals surface area contributed by atoms with Crippen LogP contribution in [-0.2, 0) is 0 Å². The molecule has 1 aliphatic heterocycles. The molecule has 2 N–H and O–H groups in total. The number of fused-ring (bicyclic) bond motifs is 7. The van der Waals surface area contributed by atoms with Crippen molar-refractivity contribution in [3.63, 3.8) is 0 Å². The predicted molar refractivity (Wildman–Crippen MR) is 519 cm³/mol. The van der Waals surface area contributed by atoms with E-state index in [2.05, 4.69) is 189 Å². The minimum atomic E-state index is 0. The number of imidazole rings is 2. The number of hydrogen-bond acceptors (Lipinski definition) is 22. The van der Waals surface area contributed by atoms with Crippen LogP contribution in [0.3, 0.4) is 0 Å². The number of rotatable bonds is 0. The molecule has 0 radical (unpaired) electrons. The number of thiophene rings is 1. The quantitative estimate of drug-likeness (QED) is 0.143. The molecule has 124 heavy (non-hydrogen) atoms. The van der Waals surface area contributed by atoms with Gasteiger partial charge in [0.1, 0.15) is 6.33 Å². The van der Waals surface area contributed by atoms with Crippen LogP contribution < -0.4 is 10.4 Å². The van der Waals surface area contributed by atoms with E-state index in [1.807, 2.05) is 221 Å². The van der Waals surface area contributed by atoms with E-state index in [-0.39, 0.29) is 52.0 Å². The van der Waals surface area contributed by atoms with Gasteiger partial charge in [-0.1, -0.05) is 186 Å². The Hall–Kier alpha value is -15.5. The number of para-hydroxylation sites is 3. The van der Waals surface area contributed by atoms with Gasteiger partial charge in [0.15, 0.2) is 16.9 Å². The lowest BCUT2D eigenvalue weighted by Crippen LogP contribution is -2.19. The van der Waals surface area contributed by atoms with Crippen molar-refractivity contribution in [2.75, 3.05) is 0 Å². The number of aliphatic imine (C=N–C) groups is 1. The minimum absolute atomic E-state index is 0. The second kappa shape index (κ2) is 72.8. The van der Waals surface area contributed by atoms with E-state index >= 15 is 0 Å². The molecular weight excluding hydrogens is 1600 g/mol. The van der Waals surface area contributed by atoms with E-state index in [0.717, 1.165) is 52.6 Å². The van der Waals surface area contributed by atoms with Crippen LogP contribution in [0.4, 0.5) is 0 Å². The number of aromatic nitrogens is 21. The molecule has 640 valence electrons. The zero-order valence-electron chi connectivity index (χ0n) is 63.5. The van der Waals surface area contributed by atoms with Gasteiger partial charge >= 0.3 is 0 Å². The fourth-order valence-corrected chi connectivity index (χ4v) is 10.3. The molecule has 4 aromatic carbocycles. The second-order valence-corrected chi connectivity index (χ2v) is 24.7. The van der Waals surface area contributed by atoms with E-state index in [1.54, 1.807) is 197 Å². The Morgan fingerprint density at radius 1 is 0.355 bits per heavy atom. The molecule has 27 heteroatoms. The number of hydrogen-bond donors (Lipinski definition) is 2. The molecule has 0 atom stereocenters. The first-order valence-corrected chi connectivity index (χ1v) is 38.9. The number of aromatic amines is 2. The summed E-state index contributed by atoms with van der Waals surface area (Å²) in [6.45, 7) is 0. The van der Waals surface area contributed by atoms with Crippen LogP contribution in [0.25, 0.3) is 61.1 Å². The zero-order chi connectivity index (χ0) is 80.9. The molecule has 24 rings (SSSR count). The molecule has 3 aliphatic rings. The van der Waals surface area contributed by atoms with Crippen LogP contribution in [0, 0.1) is 0 Å². The molecular formula is C97H112N22O2S3. The molecule has 0 fully saturated rings. The lowest BCUT2D eigenvalue weighted by Gasteiger charge is -1.86. The number of benzene rings is 4. The summed E-state index contributed by atoms with van der Waals surface area (Å²) in [6.07, 6.45) is 71.6. The number of H-pyrrole nitrogens is 2. The van der Waals surface area contributed by atoms with E-state index < -0.39 is 0 Å². The number of furan rings is 2. The molecule has 0 spiro atoms. The largest absolute Gasteiger partial charge is 0.473 e. The first-order chi connectivity index (χ1) is 58.3. The fraction of sp³-hybridized carbons (Fsp3) is 0.103. The van der Waals surface area contributed by atoms with Crippen LogP contribution in [0.2, 0.25) is 0 Å². The van der Waals surface area contributed by atoms with Gasteiger partial charge in [-0.2, -0.15) is 36.8 Å². The monoisotopic (exact) mass is 1710 g/mol. The average molecular weight is 1710 g/mol. The summed E-state index contributed by atoms with van der Waals surface area (Å²) in [6, 6.07) is 64.9. The maximum Gasteiger partial charge on any atom is 0.155 e. The summed E-state index contributed by atoms with van der Waals surface area (Å²) in [5, 5.41) is 33.0. The van der Waals surface area contributed by atoms with Crippen molar-refractivity contribution in [3.05, 3.63) is 454 Å². The van der Waals surface area contributed by atoms with Gasteiger partial charge in [-0.05, 0) is 143 Å². The maximum atomic E-state index is 4.58. The van der Waals surface area contributed by atoms with Gasteiger partial charge in [0.25, 0.3) is 0 Å². The molecule has 0 unspecified atom stereocenters. The van der Waals surface area contributed by atoms with Crippen LogP contribution >= 0.6 is 34.0 Å². The van der Waals surface area contributed by atoms with Crippen molar-refractivity contribution >= 4 is 101 Å². The molecule has 0 bridgehead atoms. The molecule has 17 aromatic heterocycles. The van der Waals surface area contributed by atoms with Crippen LogP contribution in [0.15, 0.2) is 458 Å². The third kappa shape index (κ3) is 47.8. The number of allylic oxidation sites excluding steroid dienone is 5. The summed E-state index contributed by atoms with van der Waals surface area (Å²) in [7, 11) is 0. The molecule has 24 nitrogen and oxygen atoms in total. The first-order valence-electron chi connectivity index (χ1n) is 36.1. The lowest BCUT2D eigenvalue weighted by molar-refractivity contribution is 0.567. The first kappa shape index (κ1) is 107. The highest BCUT2D eigenvalue weighted by atomic mass is 32.1. The second-order valence-electron chi connectivity index (χ2n) is 22.2. The highest BCUT2D eigenvalue weighted by molar-refractivity contribution is 7.16. The van der Waals surface area contributed by atoms with Crippen molar-refractivity contribution in [3.8, 4) is 0 Å². The average Bonchev–Trinajstić information content (AvgIpc) is 1.79. The van der Waals surface area contributed by atoms with Crippen LogP contribution in [0.5, 0.6) is 0 Å². The van der Waals surface area contributed by atoms with Gasteiger partial charge in [-0.15, -0.1) is 22.7 Å². The minimum Gasteiger partial charge on any atom is -0.473 e. The Morgan fingerprint density at radius 3 is 1.43 bits per heavy atom. The number of thiazole rings is 2.